The highest BCUT2D eigenvalue weighted by molar-refractivity contribution is 8.08. The Labute approximate surface area is 65.0 Å². The van der Waals surface area contributed by atoms with Crippen molar-refractivity contribution < 1.29 is 3.63 Å². The topological polar surface area (TPSA) is 9.23 Å². The molecule has 0 N–H and O–H groups in total. The minimum atomic E-state index is 0.837. The van der Waals surface area contributed by atoms with Crippen molar-refractivity contribution >= 4 is 24.1 Å². The zero-order valence-corrected chi connectivity index (χ0v) is 6.84. The van der Waals surface area contributed by atoms with E-state index in [1.807, 2.05) is 0 Å². The molecule has 0 spiro atoms. The summed E-state index contributed by atoms with van der Waals surface area (Å²) >= 11 is 2.78. The summed E-state index contributed by atoms with van der Waals surface area (Å²) in [6, 6.07) is 0. The molecule has 0 amide bonds. The summed E-state index contributed by atoms with van der Waals surface area (Å²) in [5.74, 6) is 1.67. The van der Waals surface area contributed by atoms with E-state index >= 15 is 0 Å². The first kappa shape index (κ1) is 9.14. The number of hydrogen-bond acceptors (Lipinski definition) is 3. The highest BCUT2D eigenvalue weighted by atomic mass is 32.2. The molecule has 0 aliphatic rings. The molecule has 0 aromatic heterocycles. The summed E-state index contributed by atoms with van der Waals surface area (Å²) in [6.07, 6.45) is 3.61. The van der Waals surface area contributed by atoms with Crippen molar-refractivity contribution in [3.05, 3.63) is 25.3 Å². The summed E-state index contributed by atoms with van der Waals surface area (Å²) in [5.41, 5.74) is 0. The Kier molecular flexibility index (Phi) is 8.27. The molecular formula is C6H10OS2. The lowest BCUT2D eigenvalue weighted by atomic mass is 10.8. The van der Waals surface area contributed by atoms with Gasteiger partial charge < -0.3 is 0 Å². The fourth-order valence-corrected chi connectivity index (χ4v) is 1.09. The van der Waals surface area contributed by atoms with Crippen molar-refractivity contribution in [1.29, 1.82) is 0 Å². The van der Waals surface area contributed by atoms with Crippen LogP contribution in [0, 0.1) is 0 Å². The Morgan fingerprint density at radius 1 is 1.11 bits per heavy atom. The van der Waals surface area contributed by atoms with Gasteiger partial charge in [0.25, 0.3) is 0 Å². The Balaban J connectivity index is 2.74. The van der Waals surface area contributed by atoms with Gasteiger partial charge in [-0.05, 0) is 0 Å². The van der Waals surface area contributed by atoms with Crippen molar-refractivity contribution in [3.8, 4) is 0 Å². The van der Waals surface area contributed by atoms with Crippen LogP contribution in [-0.4, -0.2) is 11.5 Å². The fourth-order valence-electron chi connectivity index (χ4n) is 0.186. The molecule has 0 aromatic carbocycles. The van der Waals surface area contributed by atoms with Gasteiger partial charge in [-0.3, -0.25) is 0 Å². The normalized spacial score (nSPS) is 8.89. The van der Waals surface area contributed by atoms with Gasteiger partial charge in [-0.15, -0.1) is 13.2 Å². The molecule has 0 aliphatic heterocycles. The van der Waals surface area contributed by atoms with E-state index < -0.39 is 0 Å². The second-order valence-corrected chi connectivity index (χ2v) is 2.90. The summed E-state index contributed by atoms with van der Waals surface area (Å²) in [6.45, 7) is 7.10. The molecule has 0 radical (unpaired) electrons. The third-order valence-electron chi connectivity index (χ3n) is 0.468. The SMILES string of the molecule is C=CCSOSCC=C. The van der Waals surface area contributed by atoms with Crippen molar-refractivity contribution in [3.63, 3.8) is 0 Å². The predicted molar refractivity (Wildman–Crippen MR) is 46.4 cm³/mol. The Bertz CT molecular complexity index is 73.1. The van der Waals surface area contributed by atoms with Gasteiger partial charge in [-0.25, -0.2) is 3.63 Å². The zero-order valence-electron chi connectivity index (χ0n) is 5.21. The predicted octanol–water partition coefficient (Wildman–Crippen LogP) is 2.67. The molecule has 1 nitrogen and oxygen atoms in total. The van der Waals surface area contributed by atoms with Gasteiger partial charge in [0.2, 0.25) is 0 Å². The lowest BCUT2D eigenvalue weighted by Gasteiger charge is -1.93. The standard InChI is InChI=1S/C6H10OS2/c1-3-5-8-7-9-6-4-2/h3-4H,1-2,5-6H2. The van der Waals surface area contributed by atoms with Gasteiger partial charge in [0.15, 0.2) is 0 Å². The molecular weight excluding hydrogens is 152 g/mol. The molecule has 0 aromatic rings. The van der Waals surface area contributed by atoms with Crippen LogP contribution in [0.25, 0.3) is 0 Å². The lowest BCUT2D eigenvalue weighted by Crippen LogP contribution is -1.71. The van der Waals surface area contributed by atoms with Crippen LogP contribution in [0.3, 0.4) is 0 Å². The van der Waals surface area contributed by atoms with Crippen LogP contribution in [0.2, 0.25) is 0 Å². The van der Waals surface area contributed by atoms with Gasteiger partial charge >= 0.3 is 0 Å². The number of hydrogen-bond donors (Lipinski definition) is 0. The van der Waals surface area contributed by atoms with Crippen molar-refractivity contribution in [1.82, 2.24) is 0 Å². The van der Waals surface area contributed by atoms with Crippen LogP contribution >= 0.6 is 24.1 Å². The molecule has 0 saturated heterocycles. The maximum Gasteiger partial charge on any atom is 0.0388 e. The average molecular weight is 162 g/mol. The fraction of sp³-hybridized carbons (Fsp3) is 0.333. The molecule has 3 heteroatoms. The van der Waals surface area contributed by atoms with Crippen LogP contribution in [0.4, 0.5) is 0 Å². The van der Waals surface area contributed by atoms with Gasteiger partial charge in [-0.1, -0.05) is 12.2 Å². The Morgan fingerprint density at radius 2 is 1.56 bits per heavy atom. The third kappa shape index (κ3) is 8.14. The summed E-state index contributed by atoms with van der Waals surface area (Å²) < 4.78 is 5.01. The first-order valence-electron chi connectivity index (χ1n) is 2.54. The maximum absolute atomic E-state index is 5.01. The molecule has 0 aliphatic carbocycles. The zero-order chi connectivity index (χ0) is 6.95. The van der Waals surface area contributed by atoms with E-state index in [2.05, 4.69) is 13.2 Å². The van der Waals surface area contributed by atoms with E-state index in [0.717, 1.165) is 11.5 Å². The van der Waals surface area contributed by atoms with Gasteiger partial charge in [0.1, 0.15) is 0 Å². The second-order valence-electron chi connectivity index (χ2n) is 1.21. The van der Waals surface area contributed by atoms with E-state index in [4.69, 9.17) is 3.63 Å². The van der Waals surface area contributed by atoms with Gasteiger partial charge in [0, 0.05) is 35.6 Å². The molecule has 52 valence electrons. The molecule has 0 unspecified atom stereocenters. The molecule has 0 saturated carbocycles. The van der Waals surface area contributed by atoms with Crippen molar-refractivity contribution in [2.75, 3.05) is 11.5 Å². The molecule has 0 rings (SSSR count). The molecule has 9 heavy (non-hydrogen) atoms. The quantitative estimate of drug-likeness (QED) is 0.337. The highest BCUT2D eigenvalue weighted by Crippen LogP contribution is 2.13. The van der Waals surface area contributed by atoms with Crippen molar-refractivity contribution in [2.24, 2.45) is 0 Å². The summed E-state index contributed by atoms with van der Waals surface area (Å²) in [7, 11) is 0. The smallest absolute Gasteiger partial charge is 0.0388 e. The van der Waals surface area contributed by atoms with Gasteiger partial charge in [0.05, 0.1) is 0 Å². The molecule has 0 fully saturated rings. The van der Waals surface area contributed by atoms with Crippen LogP contribution in [0.1, 0.15) is 0 Å². The monoisotopic (exact) mass is 162 g/mol. The maximum atomic E-state index is 5.01. The minimum Gasteiger partial charge on any atom is -0.247 e. The van der Waals surface area contributed by atoms with E-state index in [1.54, 1.807) is 12.2 Å². The van der Waals surface area contributed by atoms with Gasteiger partial charge in [-0.2, -0.15) is 0 Å². The third-order valence-corrected chi connectivity index (χ3v) is 1.98. The van der Waals surface area contributed by atoms with E-state index in [0.29, 0.717) is 0 Å². The summed E-state index contributed by atoms with van der Waals surface area (Å²) in [4.78, 5) is 0. The van der Waals surface area contributed by atoms with E-state index in [-0.39, 0.29) is 0 Å². The lowest BCUT2D eigenvalue weighted by molar-refractivity contribution is 0.763. The largest absolute Gasteiger partial charge is 0.247 e. The van der Waals surface area contributed by atoms with Crippen molar-refractivity contribution in [2.45, 2.75) is 0 Å². The van der Waals surface area contributed by atoms with Crippen LogP contribution in [0.15, 0.2) is 25.3 Å². The highest BCUT2D eigenvalue weighted by Gasteiger charge is 1.83. The summed E-state index contributed by atoms with van der Waals surface area (Å²) in [5, 5.41) is 0. The minimum absolute atomic E-state index is 0.837. The van der Waals surface area contributed by atoms with E-state index in [1.165, 1.54) is 24.1 Å². The first-order valence-corrected chi connectivity index (χ1v) is 4.37. The Morgan fingerprint density at radius 3 is 1.89 bits per heavy atom. The van der Waals surface area contributed by atoms with Crippen LogP contribution in [-0.2, 0) is 3.63 Å². The second kappa shape index (κ2) is 8.14. The first-order chi connectivity index (χ1) is 4.41. The van der Waals surface area contributed by atoms with E-state index in [9.17, 15) is 0 Å². The number of rotatable bonds is 6. The molecule has 0 bridgehead atoms. The van der Waals surface area contributed by atoms with Crippen LogP contribution < -0.4 is 0 Å². The molecule has 0 heterocycles. The molecule has 0 atom stereocenters. The average Bonchev–Trinajstić information content (AvgIpc) is 1.89. The van der Waals surface area contributed by atoms with Crippen LogP contribution in [0.5, 0.6) is 0 Å². The Hall–Kier alpha value is 0.140.